The summed E-state index contributed by atoms with van der Waals surface area (Å²) in [7, 11) is 1.57. The summed E-state index contributed by atoms with van der Waals surface area (Å²) in [4.78, 5) is 25.6. The van der Waals surface area contributed by atoms with Crippen LogP contribution in [-0.4, -0.2) is 31.7 Å². The number of benzene rings is 1. The lowest BCUT2D eigenvalue weighted by Gasteiger charge is -2.06. The summed E-state index contributed by atoms with van der Waals surface area (Å²) in [5.41, 5.74) is 1.07. The van der Waals surface area contributed by atoms with Crippen LogP contribution in [0.25, 0.3) is 0 Å². The number of furan rings is 1. The van der Waals surface area contributed by atoms with Crippen LogP contribution < -0.4 is 4.74 Å². The summed E-state index contributed by atoms with van der Waals surface area (Å²) in [6.45, 7) is 1.99. The Morgan fingerprint density at radius 1 is 1.20 bits per heavy atom. The zero-order valence-corrected chi connectivity index (χ0v) is 15.3. The van der Waals surface area contributed by atoms with Crippen molar-refractivity contribution in [2.24, 2.45) is 0 Å². The molecule has 0 saturated heterocycles. The fourth-order valence-electron chi connectivity index (χ4n) is 2.70. The molecule has 0 amide bonds. The van der Waals surface area contributed by atoms with E-state index in [0.29, 0.717) is 27.7 Å². The highest BCUT2D eigenvalue weighted by atomic mass is 32.2. The van der Waals surface area contributed by atoms with E-state index in [1.165, 1.54) is 11.8 Å². The molecular weight excluding hydrogens is 340 g/mol. The van der Waals surface area contributed by atoms with Crippen molar-refractivity contribution in [1.29, 1.82) is 0 Å². The first kappa shape index (κ1) is 17.6. The highest BCUT2D eigenvalue weighted by Gasteiger charge is 2.38. The summed E-state index contributed by atoms with van der Waals surface area (Å²) < 4.78 is 16.2. The molecule has 1 aliphatic carbocycles. The second kappa shape index (κ2) is 7.35. The lowest BCUT2D eigenvalue weighted by atomic mass is 10.00. The van der Waals surface area contributed by atoms with Crippen LogP contribution in [0.15, 0.2) is 33.8 Å². The molecule has 0 spiro atoms. The van der Waals surface area contributed by atoms with Crippen LogP contribution in [0, 0.1) is 0 Å². The van der Waals surface area contributed by atoms with E-state index >= 15 is 0 Å². The first-order valence-corrected chi connectivity index (χ1v) is 9.39. The zero-order chi connectivity index (χ0) is 18.0. The van der Waals surface area contributed by atoms with E-state index in [-0.39, 0.29) is 23.9 Å². The lowest BCUT2D eigenvalue weighted by molar-refractivity contribution is 0.0521. The van der Waals surface area contributed by atoms with Gasteiger partial charge in [0.05, 0.1) is 19.3 Å². The number of rotatable bonds is 7. The average molecular weight is 360 g/mol. The third-order valence-corrected chi connectivity index (χ3v) is 4.75. The Morgan fingerprint density at radius 2 is 1.88 bits per heavy atom. The molecule has 5 nitrogen and oxygen atoms in total. The largest absolute Gasteiger partial charge is 0.497 e. The van der Waals surface area contributed by atoms with E-state index in [1.807, 2.05) is 6.26 Å². The van der Waals surface area contributed by atoms with Crippen LogP contribution in [0.3, 0.4) is 0 Å². The van der Waals surface area contributed by atoms with Crippen molar-refractivity contribution in [3.63, 3.8) is 0 Å². The van der Waals surface area contributed by atoms with Crippen LogP contribution in [0.5, 0.6) is 5.75 Å². The molecule has 25 heavy (non-hydrogen) atoms. The predicted octanol–water partition coefficient (Wildman–Crippen LogP) is 4.30. The number of carbonyl (C=O) groups is 2. The predicted molar refractivity (Wildman–Crippen MR) is 94.8 cm³/mol. The fraction of sp³-hybridized carbons (Fsp3) is 0.368. The number of carbonyl (C=O) groups excluding carboxylic acids is 2. The van der Waals surface area contributed by atoms with Crippen molar-refractivity contribution in [2.75, 3.05) is 20.0 Å². The molecule has 0 aliphatic heterocycles. The Hall–Kier alpha value is -2.21. The molecule has 1 aromatic heterocycles. The Bertz CT molecular complexity index is 787. The smallest absolute Gasteiger partial charge is 0.342 e. The minimum Gasteiger partial charge on any atom is -0.497 e. The van der Waals surface area contributed by atoms with E-state index in [2.05, 4.69) is 0 Å². The zero-order valence-electron chi connectivity index (χ0n) is 14.5. The number of esters is 1. The minimum absolute atomic E-state index is 0.197. The molecule has 1 aromatic carbocycles. The van der Waals surface area contributed by atoms with Gasteiger partial charge in [-0.3, -0.25) is 4.79 Å². The quantitative estimate of drug-likeness (QED) is 0.417. The third kappa shape index (κ3) is 3.44. The summed E-state index contributed by atoms with van der Waals surface area (Å²) >= 11 is 1.32. The summed E-state index contributed by atoms with van der Waals surface area (Å²) in [6, 6.07) is 6.81. The molecule has 0 atom stereocenters. The SMILES string of the molecule is CCOC(=O)c1c(C2CC2)oc(SC)c1C(=O)c1ccc(OC)cc1. The van der Waals surface area contributed by atoms with E-state index in [1.54, 1.807) is 38.3 Å². The van der Waals surface area contributed by atoms with Crippen LogP contribution in [0.2, 0.25) is 0 Å². The maximum absolute atomic E-state index is 13.1. The molecule has 1 saturated carbocycles. The van der Waals surface area contributed by atoms with Gasteiger partial charge in [0.15, 0.2) is 10.9 Å². The second-order valence-electron chi connectivity index (χ2n) is 5.76. The van der Waals surface area contributed by atoms with Crippen molar-refractivity contribution in [3.8, 4) is 5.75 Å². The number of hydrogen-bond acceptors (Lipinski definition) is 6. The first-order chi connectivity index (χ1) is 12.1. The molecule has 3 rings (SSSR count). The molecule has 0 unspecified atom stereocenters. The van der Waals surface area contributed by atoms with Gasteiger partial charge in [0.1, 0.15) is 17.1 Å². The topological polar surface area (TPSA) is 65.7 Å². The van der Waals surface area contributed by atoms with Gasteiger partial charge in [0, 0.05) is 11.5 Å². The summed E-state index contributed by atoms with van der Waals surface area (Å²) in [5, 5.41) is 0.464. The van der Waals surface area contributed by atoms with Crippen molar-refractivity contribution in [1.82, 2.24) is 0 Å². The Kier molecular flexibility index (Phi) is 5.18. The average Bonchev–Trinajstić information content (AvgIpc) is 3.41. The highest BCUT2D eigenvalue weighted by molar-refractivity contribution is 7.98. The Balaban J connectivity index is 2.08. The van der Waals surface area contributed by atoms with Crippen LogP contribution >= 0.6 is 11.8 Å². The van der Waals surface area contributed by atoms with Gasteiger partial charge in [-0.15, -0.1) is 0 Å². The molecule has 132 valence electrons. The maximum atomic E-state index is 13.1. The standard InChI is InChI=1S/C19H20O5S/c1-4-23-18(21)15-14(19(25-3)24-17(15)12-5-6-12)16(20)11-7-9-13(22-2)10-8-11/h7-10,12H,4-6H2,1-3H3. The van der Waals surface area contributed by atoms with Crippen molar-refractivity contribution in [3.05, 3.63) is 46.7 Å². The van der Waals surface area contributed by atoms with E-state index in [4.69, 9.17) is 13.9 Å². The first-order valence-electron chi connectivity index (χ1n) is 8.17. The number of ether oxygens (including phenoxy) is 2. The molecule has 2 aromatic rings. The van der Waals surface area contributed by atoms with Crippen LogP contribution in [0.1, 0.15) is 57.7 Å². The van der Waals surface area contributed by atoms with Crippen LogP contribution in [0.4, 0.5) is 0 Å². The summed E-state index contributed by atoms with van der Waals surface area (Å²) in [6.07, 6.45) is 3.75. The van der Waals surface area contributed by atoms with Gasteiger partial charge in [-0.05, 0) is 50.3 Å². The van der Waals surface area contributed by atoms with Crippen molar-refractivity contribution >= 4 is 23.5 Å². The van der Waals surface area contributed by atoms with Gasteiger partial charge in [0.25, 0.3) is 0 Å². The molecule has 0 radical (unpaired) electrons. The number of hydrogen-bond donors (Lipinski definition) is 0. The van der Waals surface area contributed by atoms with Gasteiger partial charge in [0.2, 0.25) is 0 Å². The molecule has 6 heteroatoms. The second-order valence-corrected chi connectivity index (χ2v) is 6.54. The van der Waals surface area contributed by atoms with Crippen molar-refractivity contribution < 1.29 is 23.5 Å². The fourth-order valence-corrected chi connectivity index (χ4v) is 3.27. The number of thioether (sulfide) groups is 1. The normalized spacial score (nSPS) is 13.6. The molecular formula is C19H20O5S. The Labute approximate surface area is 150 Å². The summed E-state index contributed by atoms with van der Waals surface area (Å²) in [5.74, 6) is 0.705. The highest BCUT2D eigenvalue weighted by Crippen LogP contribution is 2.46. The van der Waals surface area contributed by atoms with Gasteiger partial charge in [-0.25, -0.2) is 4.79 Å². The van der Waals surface area contributed by atoms with E-state index in [9.17, 15) is 9.59 Å². The van der Waals surface area contributed by atoms with Gasteiger partial charge < -0.3 is 13.9 Å². The Morgan fingerprint density at radius 3 is 2.40 bits per heavy atom. The molecule has 0 N–H and O–H groups in total. The van der Waals surface area contributed by atoms with Crippen LogP contribution in [-0.2, 0) is 4.74 Å². The third-order valence-electron chi connectivity index (χ3n) is 4.10. The monoisotopic (exact) mass is 360 g/mol. The maximum Gasteiger partial charge on any atom is 0.342 e. The van der Waals surface area contributed by atoms with Gasteiger partial charge in [-0.2, -0.15) is 0 Å². The molecule has 1 heterocycles. The number of methoxy groups -OCH3 is 1. The van der Waals surface area contributed by atoms with E-state index < -0.39 is 5.97 Å². The minimum atomic E-state index is -0.495. The van der Waals surface area contributed by atoms with Crippen molar-refractivity contribution in [2.45, 2.75) is 30.8 Å². The lowest BCUT2D eigenvalue weighted by Crippen LogP contribution is -2.13. The number of ketones is 1. The molecule has 1 aliphatic rings. The van der Waals surface area contributed by atoms with Gasteiger partial charge >= 0.3 is 5.97 Å². The molecule has 1 fully saturated rings. The van der Waals surface area contributed by atoms with E-state index in [0.717, 1.165) is 12.8 Å². The van der Waals surface area contributed by atoms with Gasteiger partial charge in [-0.1, -0.05) is 11.8 Å². The molecule has 0 bridgehead atoms.